The minimum absolute atomic E-state index is 0.0244. The number of hydrogen-bond donors (Lipinski definition) is 2. The molecular formula is C60H95N7O14S2. The van der Waals surface area contributed by atoms with E-state index in [-0.39, 0.29) is 111 Å². The largest absolute Gasteiger partial charge is 0.379 e. The Kier molecular flexibility index (Phi) is 32.6. The molecule has 1 saturated heterocycles. The Morgan fingerprint density at radius 1 is 0.759 bits per heavy atom. The van der Waals surface area contributed by atoms with Crippen LogP contribution in [-0.4, -0.2) is 222 Å². The maximum absolute atomic E-state index is 14.7. The Hall–Kier alpha value is -4.82. The molecule has 2 aliphatic heterocycles. The number of ether oxygens (including phenoxy) is 8. The molecule has 0 unspecified atom stereocenters. The van der Waals surface area contributed by atoms with Crippen LogP contribution in [0.4, 0.5) is 0 Å². The minimum Gasteiger partial charge on any atom is -0.379 e. The van der Waals surface area contributed by atoms with Crippen molar-refractivity contribution in [2.45, 2.75) is 129 Å². The first-order valence-corrected chi connectivity index (χ1v) is 30.6. The Morgan fingerprint density at radius 2 is 1.33 bits per heavy atom. The number of hydrogen-bond acceptors (Lipinski definition) is 17. The van der Waals surface area contributed by atoms with Crippen molar-refractivity contribution in [2.24, 2.45) is 23.7 Å². The number of amides is 6. The van der Waals surface area contributed by atoms with Gasteiger partial charge in [-0.2, -0.15) is 0 Å². The SMILES string of the molecule is CC[C@H](C)[C@@H]([C@@H](CC(=O)N1CCC[C@H]1[C@H](OC)[C@@H](C)C(=S)N[C@@H](Cc1ccccc1)c1nccs1)OC)N(C)C(=O)[C@@H](NC(=O)[C@H](C(C)C)N(C)C(=O)CCOCCOCCOCCOCCOCCOCCN1C(=O)C=CC1=O)C(C)C. The molecule has 23 heteroatoms. The van der Waals surface area contributed by atoms with Crippen molar-refractivity contribution >= 4 is 64.0 Å². The summed E-state index contributed by atoms with van der Waals surface area (Å²) in [6, 6.07) is 7.53. The van der Waals surface area contributed by atoms with E-state index in [9.17, 15) is 28.8 Å². The normalized spacial score (nSPS) is 17.3. The number of thiazole rings is 1. The molecule has 3 heterocycles. The van der Waals surface area contributed by atoms with E-state index in [1.54, 1.807) is 50.7 Å². The van der Waals surface area contributed by atoms with Gasteiger partial charge in [0.25, 0.3) is 11.8 Å². The number of nitrogens with zero attached hydrogens (tertiary/aromatic N) is 5. The monoisotopic (exact) mass is 1200 g/mol. The summed E-state index contributed by atoms with van der Waals surface area (Å²) in [5, 5.41) is 9.52. The van der Waals surface area contributed by atoms with E-state index >= 15 is 0 Å². The highest BCUT2D eigenvalue weighted by molar-refractivity contribution is 7.80. The smallest absolute Gasteiger partial charge is 0.253 e. The van der Waals surface area contributed by atoms with Gasteiger partial charge in [0.15, 0.2) is 0 Å². The number of methoxy groups -OCH3 is 2. The van der Waals surface area contributed by atoms with Crippen LogP contribution in [0.5, 0.6) is 0 Å². The first kappa shape index (κ1) is 70.7. The lowest BCUT2D eigenvalue weighted by Gasteiger charge is -2.41. The second-order valence-electron chi connectivity index (χ2n) is 21.7. The lowest BCUT2D eigenvalue weighted by Crippen LogP contribution is -2.60. The molecule has 2 aliphatic rings. The van der Waals surface area contributed by atoms with Crippen molar-refractivity contribution in [3.8, 4) is 0 Å². The van der Waals surface area contributed by atoms with Crippen molar-refractivity contribution in [1.82, 2.24) is 35.2 Å². The fourth-order valence-electron chi connectivity index (χ4n) is 10.5. The molecule has 0 aliphatic carbocycles. The molecule has 9 atom stereocenters. The summed E-state index contributed by atoms with van der Waals surface area (Å²) in [6.07, 6.45) is 6.24. The number of nitrogens with one attached hydrogen (secondary N) is 2. The average Bonchev–Trinajstić information content (AvgIpc) is 4.43. The van der Waals surface area contributed by atoms with Crippen LogP contribution in [0.2, 0.25) is 0 Å². The van der Waals surface area contributed by atoms with Gasteiger partial charge in [-0.3, -0.25) is 33.7 Å². The molecule has 21 nitrogen and oxygen atoms in total. The molecule has 2 N–H and O–H groups in total. The fourth-order valence-corrected chi connectivity index (χ4v) is 11.4. The summed E-state index contributed by atoms with van der Waals surface area (Å²) >= 11 is 7.66. The quantitative estimate of drug-likeness (QED) is 0.0488. The number of likely N-dealkylation sites (N-methyl/N-ethyl adjacent to an activating group) is 2. The predicted octanol–water partition coefficient (Wildman–Crippen LogP) is 5.30. The number of benzene rings is 1. The van der Waals surface area contributed by atoms with E-state index in [0.29, 0.717) is 83.8 Å². The number of carbonyl (C=O) groups excluding carboxylic acids is 6. The van der Waals surface area contributed by atoms with Crippen LogP contribution in [0, 0.1) is 23.7 Å². The molecule has 83 heavy (non-hydrogen) atoms. The van der Waals surface area contributed by atoms with Crippen LogP contribution in [0.3, 0.4) is 0 Å². The molecular weight excluding hydrogens is 1110 g/mol. The molecule has 0 saturated carbocycles. The zero-order chi connectivity index (χ0) is 60.8. The maximum Gasteiger partial charge on any atom is 0.253 e. The molecule has 1 aromatic carbocycles. The number of thiocarbonyl (C=S) groups is 1. The van der Waals surface area contributed by atoms with Gasteiger partial charge in [-0.25, -0.2) is 4.98 Å². The van der Waals surface area contributed by atoms with Crippen LogP contribution in [0.25, 0.3) is 0 Å². The second kappa shape index (κ2) is 38.3. The third-order valence-electron chi connectivity index (χ3n) is 15.2. The topological polar surface area (TPSA) is 226 Å². The lowest BCUT2D eigenvalue weighted by molar-refractivity contribution is -0.148. The molecule has 4 rings (SSSR count). The van der Waals surface area contributed by atoms with E-state index in [1.807, 2.05) is 76.9 Å². The zero-order valence-electron chi connectivity index (χ0n) is 51.0. The van der Waals surface area contributed by atoms with Gasteiger partial charge >= 0.3 is 0 Å². The Balaban J connectivity index is 1.20. The summed E-state index contributed by atoms with van der Waals surface area (Å²) in [5.74, 6) is -2.72. The molecule has 6 amide bonds. The van der Waals surface area contributed by atoms with Crippen LogP contribution in [0.1, 0.15) is 97.2 Å². The maximum atomic E-state index is 14.7. The van der Waals surface area contributed by atoms with Gasteiger partial charge in [-0.1, -0.05) is 97.4 Å². The van der Waals surface area contributed by atoms with Gasteiger partial charge in [0.2, 0.25) is 23.6 Å². The first-order chi connectivity index (χ1) is 39.9. The Labute approximate surface area is 502 Å². The number of rotatable bonds is 42. The Bertz CT molecular complexity index is 2280. The van der Waals surface area contributed by atoms with Crippen molar-refractivity contribution in [1.29, 1.82) is 0 Å². The van der Waals surface area contributed by atoms with E-state index in [4.69, 9.17) is 50.1 Å². The molecule has 0 spiro atoms. The molecule has 2 aromatic rings. The van der Waals surface area contributed by atoms with Gasteiger partial charge in [-0.15, -0.1) is 11.3 Å². The zero-order valence-corrected chi connectivity index (χ0v) is 52.6. The summed E-state index contributed by atoms with van der Waals surface area (Å²) < 4.78 is 45.5. The first-order valence-electron chi connectivity index (χ1n) is 29.3. The highest BCUT2D eigenvalue weighted by Crippen LogP contribution is 2.31. The summed E-state index contributed by atoms with van der Waals surface area (Å²) in [7, 11) is 6.55. The number of imide groups is 1. The van der Waals surface area contributed by atoms with Gasteiger partial charge in [0.05, 0.1) is 134 Å². The standard InChI is InChI=1S/C60H95N7O14S2/c1-12-43(6)55(48(74-10)40-52(71)66-24-16-19-47(66)56(75-11)44(7)58(82)62-46(59-61-23-38-83-59)39-45-17-14-13-15-18-45)65(9)60(73)53(41(2)3)63-57(72)54(42(4)5)64(8)49(68)22-26-76-28-30-78-32-34-80-36-37-81-35-33-79-31-29-77-27-25-67-50(69)20-21-51(67)70/h13-15,17-18,20-21,23,38,41-44,46-48,53-56H,12,16,19,22,24-37,39-40H2,1-11H3,(H,62,82)(H,63,72)/t43-,44+,46-,47-,48+,53-,54-,55-,56+/m0/s1. The van der Waals surface area contributed by atoms with E-state index < -0.39 is 30.1 Å². The van der Waals surface area contributed by atoms with E-state index in [2.05, 4.69) is 27.8 Å². The second-order valence-corrected chi connectivity index (χ2v) is 23.1. The van der Waals surface area contributed by atoms with Gasteiger partial charge in [0, 0.05) is 64.5 Å². The Morgan fingerprint density at radius 3 is 1.83 bits per heavy atom. The van der Waals surface area contributed by atoms with Crippen LogP contribution in [-0.2, 0) is 73.1 Å². The molecule has 1 aromatic heterocycles. The van der Waals surface area contributed by atoms with Gasteiger partial charge < -0.3 is 63.2 Å². The van der Waals surface area contributed by atoms with Crippen molar-refractivity contribution < 1.29 is 66.7 Å². The third kappa shape index (κ3) is 22.8. The number of aromatic nitrogens is 1. The van der Waals surface area contributed by atoms with Gasteiger partial charge in [-0.05, 0) is 42.6 Å². The van der Waals surface area contributed by atoms with Gasteiger partial charge in [0.1, 0.15) is 17.1 Å². The van der Waals surface area contributed by atoms with E-state index in [0.717, 1.165) is 28.3 Å². The fraction of sp³-hybridized carbons (Fsp3) is 0.700. The summed E-state index contributed by atoms with van der Waals surface area (Å²) in [6.45, 7) is 18.3. The molecule has 0 radical (unpaired) electrons. The van der Waals surface area contributed by atoms with Crippen LogP contribution >= 0.6 is 23.6 Å². The molecule has 1 fully saturated rings. The highest BCUT2D eigenvalue weighted by atomic mass is 32.1. The van der Waals surface area contributed by atoms with Crippen molar-refractivity contribution in [3.63, 3.8) is 0 Å². The van der Waals surface area contributed by atoms with Crippen LogP contribution in [0.15, 0.2) is 54.1 Å². The van der Waals surface area contributed by atoms with E-state index in [1.165, 1.54) is 17.1 Å². The highest BCUT2D eigenvalue weighted by Gasteiger charge is 2.43. The summed E-state index contributed by atoms with van der Waals surface area (Å²) in [5.41, 5.74) is 1.16. The van der Waals surface area contributed by atoms with Crippen LogP contribution < -0.4 is 10.6 Å². The third-order valence-corrected chi connectivity index (χ3v) is 16.6. The minimum atomic E-state index is -0.935. The summed E-state index contributed by atoms with van der Waals surface area (Å²) in [4.78, 5) is 91.4. The number of likely N-dealkylation sites (tertiary alicyclic amines) is 1. The number of carbonyl (C=O) groups is 6. The average molecular weight is 1200 g/mol. The lowest BCUT2D eigenvalue weighted by atomic mass is 9.89. The predicted molar refractivity (Wildman–Crippen MR) is 320 cm³/mol. The van der Waals surface area contributed by atoms with Crippen molar-refractivity contribution in [2.75, 3.05) is 121 Å². The van der Waals surface area contributed by atoms with Crippen molar-refractivity contribution in [3.05, 3.63) is 64.6 Å². The molecule has 466 valence electrons. The molecule has 0 bridgehead atoms.